The van der Waals surface area contributed by atoms with E-state index in [1.165, 1.54) is 29.5 Å². The Bertz CT molecular complexity index is 768. The normalized spacial score (nSPS) is 12.3. The average molecular weight is 336 g/mol. The lowest BCUT2D eigenvalue weighted by molar-refractivity contribution is -0.384. The molecule has 0 aliphatic rings. The van der Waals surface area contributed by atoms with E-state index in [9.17, 15) is 19.7 Å². The number of carboxylic acid groups (broad SMARTS) is 1. The van der Waals surface area contributed by atoms with Crippen LogP contribution in [-0.4, -0.2) is 27.9 Å². The van der Waals surface area contributed by atoms with Gasteiger partial charge in [0.05, 0.1) is 9.80 Å². The lowest BCUT2D eigenvalue weighted by Gasteiger charge is -2.15. The molecule has 0 unspecified atom stereocenters. The van der Waals surface area contributed by atoms with Gasteiger partial charge in [0.2, 0.25) is 0 Å². The molecule has 2 N–H and O–H groups in total. The van der Waals surface area contributed by atoms with Crippen molar-refractivity contribution in [2.75, 3.05) is 0 Å². The highest BCUT2D eigenvalue weighted by Crippen LogP contribution is 2.29. The van der Waals surface area contributed by atoms with Crippen molar-refractivity contribution in [3.8, 4) is 0 Å². The van der Waals surface area contributed by atoms with Crippen LogP contribution < -0.4 is 5.32 Å². The van der Waals surface area contributed by atoms with Gasteiger partial charge in [-0.1, -0.05) is 13.8 Å². The number of nitrogens with zero attached hydrogens (tertiary/aromatic N) is 1. The van der Waals surface area contributed by atoms with Gasteiger partial charge in [-0.2, -0.15) is 0 Å². The van der Waals surface area contributed by atoms with Gasteiger partial charge in [0, 0.05) is 22.2 Å². The van der Waals surface area contributed by atoms with Crippen LogP contribution in [0.1, 0.15) is 29.9 Å². The van der Waals surface area contributed by atoms with Crippen molar-refractivity contribution in [3.05, 3.63) is 39.3 Å². The summed E-state index contributed by atoms with van der Waals surface area (Å²) < 4.78 is 0.733. The Balaban J connectivity index is 2.23. The first-order chi connectivity index (χ1) is 10.8. The highest BCUT2D eigenvalue weighted by molar-refractivity contribution is 7.20. The molecule has 0 saturated carbocycles. The molecule has 1 heterocycles. The van der Waals surface area contributed by atoms with Crippen LogP contribution in [0.4, 0.5) is 5.69 Å². The number of aliphatic carboxylic acids is 1. The molecule has 0 aliphatic heterocycles. The maximum atomic E-state index is 12.2. The van der Waals surface area contributed by atoms with Gasteiger partial charge in [-0.3, -0.25) is 14.9 Å². The molecular formula is C15H16N2O5S. The topological polar surface area (TPSA) is 110 Å². The summed E-state index contributed by atoms with van der Waals surface area (Å²) in [7, 11) is 0. The average Bonchev–Trinajstić information content (AvgIpc) is 2.88. The summed E-state index contributed by atoms with van der Waals surface area (Å²) in [5, 5.41) is 23.0. The molecular weight excluding hydrogens is 320 g/mol. The highest BCUT2D eigenvalue weighted by Gasteiger charge is 2.23. The monoisotopic (exact) mass is 336 g/mol. The second kappa shape index (κ2) is 6.74. The quantitative estimate of drug-likeness (QED) is 0.622. The zero-order valence-corrected chi connectivity index (χ0v) is 13.4. The number of carboxylic acids is 1. The molecule has 1 aromatic heterocycles. The summed E-state index contributed by atoms with van der Waals surface area (Å²) in [5.41, 5.74) is -0.0505. The standard InChI is InChI=1S/C15H16N2O5S/c1-8(2)5-11(15(19)20)16-14(18)13-7-9-6-10(17(21)22)3-4-12(9)23-13/h3-4,6-8,11H,5H2,1-2H3,(H,16,18)(H,19,20)/t11-/m1/s1. The number of hydrogen-bond donors (Lipinski definition) is 2. The van der Waals surface area contributed by atoms with E-state index in [0.717, 1.165) is 4.70 Å². The van der Waals surface area contributed by atoms with E-state index in [0.29, 0.717) is 16.7 Å². The number of carbonyl (C=O) groups is 2. The van der Waals surface area contributed by atoms with E-state index >= 15 is 0 Å². The Kier molecular flexibility index (Phi) is 4.95. The second-order valence-electron chi connectivity index (χ2n) is 5.58. The molecule has 8 heteroatoms. The van der Waals surface area contributed by atoms with Gasteiger partial charge in [0.1, 0.15) is 6.04 Å². The molecule has 0 radical (unpaired) electrons. The van der Waals surface area contributed by atoms with E-state index in [-0.39, 0.29) is 11.6 Å². The van der Waals surface area contributed by atoms with Crippen LogP contribution in [0.25, 0.3) is 10.1 Å². The minimum atomic E-state index is -1.08. The van der Waals surface area contributed by atoms with Crippen LogP contribution in [0.3, 0.4) is 0 Å². The molecule has 1 aromatic carbocycles. The smallest absolute Gasteiger partial charge is 0.326 e. The van der Waals surface area contributed by atoms with Gasteiger partial charge in [-0.25, -0.2) is 4.79 Å². The van der Waals surface area contributed by atoms with Gasteiger partial charge < -0.3 is 10.4 Å². The van der Waals surface area contributed by atoms with Crippen molar-refractivity contribution in [2.45, 2.75) is 26.3 Å². The van der Waals surface area contributed by atoms with Crippen LogP contribution in [0.2, 0.25) is 0 Å². The van der Waals surface area contributed by atoms with Crippen LogP contribution in [0.5, 0.6) is 0 Å². The number of benzene rings is 1. The predicted molar refractivity (Wildman–Crippen MR) is 86.8 cm³/mol. The highest BCUT2D eigenvalue weighted by atomic mass is 32.1. The second-order valence-corrected chi connectivity index (χ2v) is 6.67. The molecule has 0 saturated heterocycles. The predicted octanol–water partition coefficient (Wildman–Crippen LogP) is 3.04. The van der Waals surface area contributed by atoms with Gasteiger partial charge >= 0.3 is 5.97 Å². The number of non-ortho nitro benzene ring substituents is 1. The minimum Gasteiger partial charge on any atom is -0.480 e. The Morgan fingerprint density at radius 2 is 2.04 bits per heavy atom. The number of hydrogen-bond acceptors (Lipinski definition) is 5. The van der Waals surface area contributed by atoms with Crippen molar-refractivity contribution in [3.63, 3.8) is 0 Å². The first-order valence-electron chi connectivity index (χ1n) is 6.99. The number of thiophene rings is 1. The van der Waals surface area contributed by atoms with Gasteiger partial charge in [0.15, 0.2) is 0 Å². The van der Waals surface area contributed by atoms with Crippen LogP contribution in [0, 0.1) is 16.0 Å². The van der Waals surface area contributed by atoms with E-state index in [2.05, 4.69) is 5.32 Å². The van der Waals surface area contributed by atoms with E-state index in [1.54, 1.807) is 6.07 Å². The summed E-state index contributed by atoms with van der Waals surface area (Å²) in [5.74, 6) is -1.44. The Morgan fingerprint density at radius 1 is 1.35 bits per heavy atom. The fraction of sp³-hybridized carbons (Fsp3) is 0.333. The first-order valence-corrected chi connectivity index (χ1v) is 7.81. The summed E-state index contributed by atoms with van der Waals surface area (Å²) in [6.07, 6.45) is 0.331. The maximum Gasteiger partial charge on any atom is 0.326 e. The maximum absolute atomic E-state index is 12.2. The Labute approximate surface area is 136 Å². The third-order valence-electron chi connectivity index (χ3n) is 3.25. The number of nitro groups is 1. The molecule has 0 fully saturated rings. The van der Waals surface area contributed by atoms with E-state index < -0.39 is 22.8 Å². The molecule has 0 aliphatic carbocycles. The number of fused-ring (bicyclic) bond motifs is 1. The van der Waals surface area contributed by atoms with Gasteiger partial charge in [-0.15, -0.1) is 11.3 Å². The van der Waals surface area contributed by atoms with Gasteiger partial charge in [0.25, 0.3) is 11.6 Å². The largest absolute Gasteiger partial charge is 0.480 e. The summed E-state index contributed by atoms with van der Waals surface area (Å²) >= 11 is 1.17. The zero-order chi connectivity index (χ0) is 17.1. The van der Waals surface area contributed by atoms with Crippen LogP contribution in [0.15, 0.2) is 24.3 Å². The molecule has 1 atom stereocenters. The molecule has 1 amide bonds. The van der Waals surface area contributed by atoms with Crippen molar-refractivity contribution < 1.29 is 19.6 Å². The lowest BCUT2D eigenvalue weighted by atomic mass is 10.0. The van der Waals surface area contributed by atoms with Crippen molar-refractivity contribution in [2.24, 2.45) is 5.92 Å². The van der Waals surface area contributed by atoms with Crippen molar-refractivity contribution >= 4 is 39.0 Å². The molecule has 23 heavy (non-hydrogen) atoms. The third-order valence-corrected chi connectivity index (χ3v) is 4.36. The number of carbonyl (C=O) groups excluding carboxylic acids is 1. The minimum absolute atomic E-state index is 0.0505. The lowest BCUT2D eigenvalue weighted by Crippen LogP contribution is -2.41. The fourth-order valence-corrected chi connectivity index (χ4v) is 3.12. The number of rotatable bonds is 6. The van der Waals surface area contributed by atoms with Crippen molar-refractivity contribution in [1.82, 2.24) is 5.32 Å². The Hall–Kier alpha value is -2.48. The zero-order valence-electron chi connectivity index (χ0n) is 12.6. The molecule has 7 nitrogen and oxygen atoms in total. The first kappa shape index (κ1) is 16.9. The molecule has 0 spiro atoms. The van der Waals surface area contributed by atoms with E-state index in [4.69, 9.17) is 5.11 Å². The fourth-order valence-electron chi connectivity index (χ4n) is 2.18. The van der Waals surface area contributed by atoms with Gasteiger partial charge in [-0.05, 0) is 24.5 Å². The summed E-state index contributed by atoms with van der Waals surface area (Å²) in [4.78, 5) is 34.0. The number of amides is 1. The molecule has 2 aromatic rings. The van der Waals surface area contributed by atoms with Crippen LogP contribution in [-0.2, 0) is 4.79 Å². The number of nitro benzene ring substituents is 1. The SMILES string of the molecule is CC(C)C[C@@H](NC(=O)c1cc2cc([N+](=O)[O-])ccc2s1)C(=O)O. The third kappa shape index (κ3) is 4.04. The Morgan fingerprint density at radius 3 is 2.61 bits per heavy atom. The molecule has 0 bridgehead atoms. The summed E-state index contributed by atoms with van der Waals surface area (Å²) in [6, 6.07) is 4.93. The van der Waals surface area contributed by atoms with Crippen LogP contribution >= 0.6 is 11.3 Å². The van der Waals surface area contributed by atoms with E-state index in [1.807, 2.05) is 13.8 Å². The number of nitrogens with one attached hydrogen (secondary N) is 1. The molecule has 2 rings (SSSR count). The summed E-state index contributed by atoms with van der Waals surface area (Å²) in [6.45, 7) is 3.75. The molecule has 122 valence electrons. The van der Waals surface area contributed by atoms with Crippen molar-refractivity contribution in [1.29, 1.82) is 0 Å².